The lowest BCUT2D eigenvalue weighted by Gasteiger charge is -2.36. The molecule has 3 aromatic rings. The van der Waals surface area contributed by atoms with Crippen molar-refractivity contribution in [3.63, 3.8) is 0 Å². The van der Waals surface area contributed by atoms with Crippen LogP contribution in [-0.4, -0.2) is 19.7 Å². The van der Waals surface area contributed by atoms with Crippen molar-refractivity contribution in [2.24, 2.45) is 0 Å². The molecule has 0 unspecified atom stereocenters. The molecule has 0 atom stereocenters. The minimum absolute atomic E-state index is 0.0199. The summed E-state index contributed by atoms with van der Waals surface area (Å²) in [5.74, 6) is 1.01. The summed E-state index contributed by atoms with van der Waals surface area (Å²) < 4.78 is 2.10. The highest BCUT2D eigenvalue weighted by Crippen LogP contribution is 2.53. The molecule has 0 radical (unpaired) electrons. The summed E-state index contributed by atoms with van der Waals surface area (Å²) in [6.45, 7) is 2.11. The van der Waals surface area contributed by atoms with Crippen LogP contribution < -0.4 is 0 Å². The maximum Gasteiger partial charge on any atom is 0.166 e. The van der Waals surface area contributed by atoms with Crippen molar-refractivity contribution in [2.75, 3.05) is 0 Å². The molecule has 2 fully saturated rings. The zero-order chi connectivity index (χ0) is 16.4. The van der Waals surface area contributed by atoms with E-state index in [9.17, 15) is 5.11 Å². The highest BCUT2D eigenvalue weighted by Gasteiger charge is 2.50. The van der Waals surface area contributed by atoms with Crippen molar-refractivity contribution in [1.29, 1.82) is 0 Å². The number of fused-ring (bicyclic) bond motifs is 1. The van der Waals surface area contributed by atoms with Crippen molar-refractivity contribution in [3.05, 3.63) is 65.1 Å². The van der Waals surface area contributed by atoms with E-state index in [2.05, 4.69) is 45.8 Å². The minimum Gasteiger partial charge on any atom is -0.385 e. The predicted molar refractivity (Wildman–Crippen MR) is 91.9 cm³/mol. The van der Waals surface area contributed by atoms with Gasteiger partial charge < -0.3 is 5.11 Å². The Hall–Kier alpha value is -2.20. The lowest BCUT2D eigenvalue weighted by atomic mass is 9.75. The standard InChI is InChI=1S/C20H21N3O/c1-14-5-7-15(8-6-14)19(11-12-19)18-22-21-17-16(4-2-13-23(17)18)20(24)9-3-10-20/h2,4-8,13,24H,3,9-12H2,1H3. The molecular weight excluding hydrogens is 298 g/mol. The fourth-order valence-electron chi connectivity index (χ4n) is 4.03. The number of pyridine rings is 1. The number of rotatable bonds is 3. The van der Waals surface area contributed by atoms with Crippen LogP contribution in [0.1, 0.15) is 54.6 Å². The monoisotopic (exact) mass is 319 g/mol. The lowest BCUT2D eigenvalue weighted by molar-refractivity contribution is -0.0379. The van der Waals surface area contributed by atoms with Gasteiger partial charge in [0.1, 0.15) is 5.82 Å². The van der Waals surface area contributed by atoms with Crippen molar-refractivity contribution >= 4 is 5.65 Å². The van der Waals surface area contributed by atoms with Gasteiger partial charge in [-0.05, 0) is 50.7 Å². The third-order valence-corrected chi connectivity index (χ3v) is 5.90. The second-order valence-corrected chi connectivity index (χ2v) is 7.47. The van der Waals surface area contributed by atoms with Gasteiger partial charge in [0.25, 0.3) is 0 Å². The van der Waals surface area contributed by atoms with E-state index in [1.807, 2.05) is 18.3 Å². The highest BCUT2D eigenvalue weighted by atomic mass is 16.3. The van der Waals surface area contributed by atoms with E-state index in [1.54, 1.807) is 0 Å². The van der Waals surface area contributed by atoms with E-state index in [0.717, 1.165) is 49.1 Å². The summed E-state index contributed by atoms with van der Waals surface area (Å²) in [7, 11) is 0. The van der Waals surface area contributed by atoms with E-state index >= 15 is 0 Å². The molecular formula is C20H21N3O. The number of hydrogen-bond acceptors (Lipinski definition) is 3. The molecule has 2 heterocycles. The Labute approximate surface area is 141 Å². The number of aryl methyl sites for hydroxylation is 1. The van der Waals surface area contributed by atoms with Crippen LogP contribution in [0.4, 0.5) is 0 Å². The van der Waals surface area contributed by atoms with Crippen molar-refractivity contribution in [2.45, 2.75) is 50.0 Å². The molecule has 4 heteroatoms. The first-order valence-electron chi connectivity index (χ1n) is 8.77. The molecule has 1 N–H and O–H groups in total. The summed E-state index contributed by atoms with van der Waals surface area (Å²) in [6, 6.07) is 12.8. The molecule has 4 nitrogen and oxygen atoms in total. The Morgan fingerprint density at radius 3 is 2.38 bits per heavy atom. The third-order valence-electron chi connectivity index (χ3n) is 5.90. The van der Waals surface area contributed by atoms with Crippen LogP contribution in [0, 0.1) is 6.92 Å². The molecule has 2 saturated carbocycles. The predicted octanol–water partition coefficient (Wildman–Crippen LogP) is 3.49. The largest absolute Gasteiger partial charge is 0.385 e. The Bertz CT molecular complexity index is 918. The third kappa shape index (κ3) is 1.83. The van der Waals surface area contributed by atoms with Gasteiger partial charge in [-0.3, -0.25) is 4.40 Å². The van der Waals surface area contributed by atoms with Gasteiger partial charge in [0.2, 0.25) is 0 Å². The van der Waals surface area contributed by atoms with Crippen LogP contribution in [0.2, 0.25) is 0 Å². The maximum atomic E-state index is 10.8. The van der Waals surface area contributed by atoms with Crippen molar-refractivity contribution in [1.82, 2.24) is 14.6 Å². The Morgan fingerprint density at radius 1 is 1.00 bits per heavy atom. The normalized spacial score (nSPS) is 20.8. The summed E-state index contributed by atoms with van der Waals surface area (Å²) in [5, 5.41) is 19.8. The van der Waals surface area contributed by atoms with Gasteiger partial charge in [-0.1, -0.05) is 35.9 Å². The second-order valence-electron chi connectivity index (χ2n) is 7.47. The fraction of sp³-hybridized carbons (Fsp3) is 0.400. The van der Waals surface area contributed by atoms with Gasteiger partial charge in [-0.2, -0.15) is 0 Å². The lowest BCUT2D eigenvalue weighted by Crippen LogP contribution is -2.34. The van der Waals surface area contributed by atoms with Crippen molar-refractivity contribution < 1.29 is 5.11 Å². The Kier molecular flexibility index (Phi) is 2.76. The first-order chi connectivity index (χ1) is 11.6. The SMILES string of the molecule is Cc1ccc(C2(c3nnc4c(C5(O)CCC5)cccn34)CC2)cc1. The molecule has 0 amide bonds. The molecule has 0 spiro atoms. The van der Waals surface area contributed by atoms with E-state index < -0.39 is 5.60 Å². The molecule has 24 heavy (non-hydrogen) atoms. The zero-order valence-electron chi connectivity index (χ0n) is 13.9. The first kappa shape index (κ1) is 14.2. The summed E-state index contributed by atoms with van der Waals surface area (Å²) in [6.07, 6.45) is 6.95. The van der Waals surface area contributed by atoms with Crippen LogP contribution in [0.3, 0.4) is 0 Å². The summed E-state index contributed by atoms with van der Waals surface area (Å²) in [4.78, 5) is 0. The van der Waals surface area contributed by atoms with Crippen LogP contribution in [-0.2, 0) is 11.0 Å². The van der Waals surface area contributed by atoms with E-state index in [1.165, 1.54) is 11.1 Å². The van der Waals surface area contributed by atoms with Crippen LogP contribution >= 0.6 is 0 Å². The number of aromatic nitrogens is 3. The Morgan fingerprint density at radius 2 is 1.75 bits per heavy atom. The second kappa shape index (κ2) is 4.67. The van der Waals surface area contributed by atoms with Crippen LogP contribution in [0.5, 0.6) is 0 Å². The zero-order valence-corrected chi connectivity index (χ0v) is 13.9. The number of benzene rings is 1. The van der Waals surface area contributed by atoms with Gasteiger partial charge in [-0.25, -0.2) is 0 Å². The molecule has 0 saturated heterocycles. The molecule has 5 rings (SSSR count). The van der Waals surface area contributed by atoms with Gasteiger partial charge in [-0.15, -0.1) is 10.2 Å². The van der Waals surface area contributed by atoms with Crippen LogP contribution in [0.25, 0.3) is 5.65 Å². The molecule has 2 aliphatic rings. The maximum absolute atomic E-state index is 10.8. The number of hydrogen-bond donors (Lipinski definition) is 1. The number of aliphatic hydroxyl groups is 1. The van der Waals surface area contributed by atoms with Crippen molar-refractivity contribution in [3.8, 4) is 0 Å². The Balaban J connectivity index is 1.66. The van der Waals surface area contributed by atoms with Gasteiger partial charge in [0, 0.05) is 11.8 Å². The topological polar surface area (TPSA) is 50.4 Å². The van der Waals surface area contributed by atoms with Gasteiger partial charge >= 0.3 is 0 Å². The summed E-state index contributed by atoms with van der Waals surface area (Å²) >= 11 is 0. The highest BCUT2D eigenvalue weighted by molar-refractivity contribution is 5.54. The molecule has 2 aromatic heterocycles. The fourth-order valence-corrected chi connectivity index (χ4v) is 4.03. The average molecular weight is 319 g/mol. The number of nitrogens with zero attached hydrogens (tertiary/aromatic N) is 3. The van der Waals surface area contributed by atoms with E-state index in [4.69, 9.17) is 0 Å². The molecule has 0 bridgehead atoms. The van der Waals surface area contributed by atoms with E-state index in [-0.39, 0.29) is 5.41 Å². The molecule has 1 aromatic carbocycles. The molecule has 2 aliphatic carbocycles. The smallest absolute Gasteiger partial charge is 0.166 e. The van der Waals surface area contributed by atoms with Gasteiger partial charge in [0.05, 0.1) is 11.0 Å². The summed E-state index contributed by atoms with van der Waals surface area (Å²) in [5.41, 5.74) is 3.59. The minimum atomic E-state index is -0.715. The average Bonchev–Trinajstić information content (AvgIpc) is 3.25. The quantitative estimate of drug-likeness (QED) is 0.804. The first-order valence-corrected chi connectivity index (χ1v) is 8.77. The molecule has 0 aliphatic heterocycles. The molecule has 122 valence electrons. The van der Waals surface area contributed by atoms with Gasteiger partial charge in [0.15, 0.2) is 5.65 Å². The van der Waals surface area contributed by atoms with E-state index in [0.29, 0.717) is 0 Å². The van der Waals surface area contributed by atoms with Crippen LogP contribution in [0.15, 0.2) is 42.6 Å².